The molecule has 1 atom stereocenters. The Balaban J connectivity index is 1.94. The predicted molar refractivity (Wildman–Crippen MR) is 81.1 cm³/mol. The summed E-state index contributed by atoms with van der Waals surface area (Å²) in [6, 6.07) is 9.04. The average molecular weight is 288 g/mol. The molecule has 0 saturated heterocycles. The number of amides is 2. The highest BCUT2D eigenvalue weighted by molar-refractivity contribution is 5.89. The summed E-state index contributed by atoms with van der Waals surface area (Å²) in [6.07, 6.45) is 3.65. The molecule has 2 N–H and O–H groups in total. The van der Waals surface area contributed by atoms with Crippen LogP contribution in [-0.2, 0) is 6.54 Å². The van der Waals surface area contributed by atoms with E-state index in [0.29, 0.717) is 6.54 Å². The molecule has 1 heterocycles. The number of likely N-dealkylation sites (N-methyl/N-ethyl adjacent to an activating group) is 1. The molecular formula is C15H20N4O2. The van der Waals surface area contributed by atoms with E-state index in [9.17, 15) is 4.79 Å². The van der Waals surface area contributed by atoms with E-state index in [1.165, 1.54) is 4.90 Å². The van der Waals surface area contributed by atoms with Gasteiger partial charge in [0.2, 0.25) is 0 Å². The quantitative estimate of drug-likeness (QED) is 0.881. The van der Waals surface area contributed by atoms with Gasteiger partial charge in [-0.1, -0.05) is 12.1 Å². The standard InChI is InChI=1S/C15H20N4O2/c1-12(11-20)18(2)15(21)17-14-6-4-13(5-7-14)10-19-9-3-8-16-19/h3-9,12,20H,10-11H2,1-2H3,(H,17,21). The number of aliphatic hydroxyl groups is 1. The average Bonchev–Trinajstić information content (AvgIpc) is 3.00. The van der Waals surface area contributed by atoms with Gasteiger partial charge >= 0.3 is 6.03 Å². The third kappa shape index (κ3) is 4.06. The molecule has 0 saturated carbocycles. The van der Waals surface area contributed by atoms with Crippen molar-refractivity contribution in [2.75, 3.05) is 19.0 Å². The molecule has 1 aromatic heterocycles. The van der Waals surface area contributed by atoms with E-state index in [1.807, 2.05) is 41.2 Å². The molecule has 0 bridgehead atoms. The first-order valence-corrected chi connectivity index (χ1v) is 6.81. The highest BCUT2D eigenvalue weighted by Gasteiger charge is 2.14. The molecule has 6 nitrogen and oxygen atoms in total. The highest BCUT2D eigenvalue weighted by atomic mass is 16.3. The first-order chi connectivity index (χ1) is 10.1. The lowest BCUT2D eigenvalue weighted by Crippen LogP contribution is -2.40. The molecule has 6 heteroatoms. The number of carbonyl (C=O) groups excluding carboxylic acids is 1. The van der Waals surface area contributed by atoms with Crippen molar-refractivity contribution in [3.63, 3.8) is 0 Å². The van der Waals surface area contributed by atoms with Crippen LogP contribution < -0.4 is 5.32 Å². The zero-order chi connectivity index (χ0) is 15.2. The van der Waals surface area contributed by atoms with Gasteiger partial charge in [-0.05, 0) is 30.7 Å². The zero-order valence-electron chi connectivity index (χ0n) is 12.2. The minimum atomic E-state index is -0.239. The van der Waals surface area contributed by atoms with Crippen LogP contribution in [0.3, 0.4) is 0 Å². The van der Waals surface area contributed by atoms with Crippen LogP contribution in [0.1, 0.15) is 12.5 Å². The van der Waals surface area contributed by atoms with Gasteiger partial charge in [0.15, 0.2) is 0 Å². The molecule has 0 radical (unpaired) electrons. The van der Waals surface area contributed by atoms with Crippen molar-refractivity contribution in [3.8, 4) is 0 Å². The Bertz CT molecular complexity index is 566. The summed E-state index contributed by atoms with van der Waals surface area (Å²) in [5.41, 5.74) is 1.83. The molecule has 0 fully saturated rings. The third-order valence-corrected chi connectivity index (χ3v) is 3.35. The smallest absolute Gasteiger partial charge is 0.321 e. The monoisotopic (exact) mass is 288 g/mol. The van der Waals surface area contributed by atoms with Gasteiger partial charge in [-0.15, -0.1) is 0 Å². The summed E-state index contributed by atoms with van der Waals surface area (Å²) in [7, 11) is 1.66. The van der Waals surface area contributed by atoms with E-state index in [2.05, 4.69) is 10.4 Å². The molecule has 2 aromatic rings. The molecule has 21 heavy (non-hydrogen) atoms. The topological polar surface area (TPSA) is 70.4 Å². The van der Waals surface area contributed by atoms with Gasteiger partial charge in [-0.25, -0.2) is 4.79 Å². The van der Waals surface area contributed by atoms with Gasteiger partial charge in [0.1, 0.15) is 0 Å². The van der Waals surface area contributed by atoms with Gasteiger partial charge < -0.3 is 15.3 Å². The van der Waals surface area contributed by atoms with E-state index >= 15 is 0 Å². The first kappa shape index (κ1) is 15.1. The Morgan fingerprint density at radius 1 is 1.43 bits per heavy atom. The van der Waals surface area contributed by atoms with Crippen LogP contribution in [0.4, 0.5) is 10.5 Å². The minimum Gasteiger partial charge on any atom is -0.394 e. The zero-order valence-corrected chi connectivity index (χ0v) is 12.2. The largest absolute Gasteiger partial charge is 0.394 e. The molecule has 112 valence electrons. The van der Waals surface area contributed by atoms with E-state index < -0.39 is 0 Å². The number of carbonyl (C=O) groups is 1. The lowest BCUT2D eigenvalue weighted by molar-refractivity contribution is 0.166. The van der Waals surface area contributed by atoms with Gasteiger partial charge in [-0.3, -0.25) is 4.68 Å². The summed E-state index contributed by atoms with van der Waals surface area (Å²) in [4.78, 5) is 13.4. The maximum Gasteiger partial charge on any atom is 0.321 e. The van der Waals surface area contributed by atoms with Crippen LogP contribution in [-0.4, -0.2) is 45.5 Å². The molecular weight excluding hydrogens is 268 g/mol. The highest BCUT2D eigenvalue weighted by Crippen LogP contribution is 2.11. The van der Waals surface area contributed by atoms with Crippen molar-refractivity contribution in [1.82, 2.24) is 14.7 Å². The molecule has 2 rings (SSSR count). The van der Waals surface area contributed by atoms with E-state index in [1.54, 1.807) is 20.2 Å². The van der Waals surface area contributed by atoms with Gasteiger partial charge in [0, 0.05) is 25.1 Å². The Kier molecular flexibility index (Phi) is 4.94. The Labute approximate surface area is 124 Å². The molecule has 0 aliphatic heterocycles. The predicted octanol–water partition coefficient (Wildman–Crippen LogP) is 1.78. The number of nitrogens with zero attached hydrogens (tertiary/aromatic N) is 3. The summed E-state index contributed by atoms with van der Waals surface area (Å²) in [6.45, 7) is 2.42. The molecule has 0 aliphatic carbocycles. The van der Waals surface area contributed by atoms with Crippen LogP contribution in [0, 0.1) is 0 Å². The maximum absolute atomic E-state index is 11.9. The third-order valence-electron chi connectivity index (χ3n) is 3.35. The van der Waals surface area contributed by atoms with E-state index in [-0.39, 0.29) is 18.7 Å². The van der Waals surface area contributed by atoms with Gasteiger partial charge in [0.25, 0.3) is 0 Å². The first-order valence-electron chi connectivity index (χ1n) is 6.81. The summed E-state index contributed by atoms with van der Waals surface area (Å²) < 4.78 is 1.84. The van der Waals surface area contributed by atoms with Crippen LogP contribution in [0.2, 0.25) is 0 Å². The number of nitrogens with one attached hydrogen (secondary N) is 1. The molecule has 1 aromatic carbocycles. The number of hydrogen-bond donors (Lipinski definition) is 2. The SMILES string of the molecule is CC(CO)N(C)C(=O)Nc1ccc(Cn2cccn2)cc1. The molecule has 1 unspecified atom stereocenters. The van der Waals surface area contributed by atoms with Crippen LogP contribution in [0.5, 0.6) is 0 Å². The van der Waals surface area contributed by atoms with Crippen molar-refractivity contribution < 1.29 is 9.90 Å². The van der Waals surface area contributed by atoms with Crippen molar-refractivity contribution in [2.45, 2.75) is 19.5 Å². The van der Waals surface area contributed by atoms with Crippen LogP contribution in [0.25, 0.3) is 0 Å². The minimum absolute atomic E-state index is 0.0628. The Hall–Kier alpha value is -2.34. The number of aromatic nitrogens is 2. The second kappa shape index (κ2) is 6.90. The number of rotatable bonds is 5. The fourth-order valence-electron chi connectivity index (χ4n) is 1.81. The molecule has 2 amide bonds. The number of hydrogen-bond acceptors (Lipinski definition) is 3. The number of urea groups is 1. The van der Waals surface area contributed by atoms with Gasteiger partial charge in [0.05, 0.1) is 19.2 Å². The fourth-order valence-corrected chi connectivity index (χ4v) is 1.81. The van der Waals surface area contributed by atoms with Gasteiger partial charge in [-0.2, -0.15) is 5.10 Å². The van der Waals surface area contributed by atoms with E-state index in [4.69, 9.17) is 5.11 Å². The lowest BCUT2D eigenvalue weighted by atomic mass is 10.2. The second-order valence-corrected chi connectivity index (χ2v) is 4.97. The Morgan fingerprint density at radius 3 is 2.71 bits per heavy atom. The van der Waals surface area contributed by atoms with Crippen LogP contribution in [0.15, 0.2) is 42.7 Å². The van der Waals surface area contributed by atoms with Crippen molar-refractivity contribution in [2.24, 2.45) is 0 Å². The van der Waals surface area contributed by atoms with Crippen LogP contribution >= 0.6 is 0 Å². The van der Waals surface area contributed by atoms with Crippen molar-refractivity contribution in [1.29, 1.82) is 0 Å². The normalized spacial score (nSPS) is 12.0. The Morgan fingerprint density at radius 2 is 2.14 bits per heavy atom. The number of anilines is 1. The molecule has 0 aliphatic rings. The number of aliphatic hydroxyl groups excluding tert-OH is 1. The second-order valence-electron chi connectivity index (χ2n) is 4.97. The maximum atomic E-state index is 11.9. The number of benzene rings is 1. The fraction of sp³-hybridized carbons (Fsp3) is 0.333. The van der Waals surface area contributed by atoms with Crippen molar-refractivity contribution in [3.05, 3.63) is 48.3 Å². The molecule has 0 spiro atoms. The summed E-state index contributed by atoms with van der Waals surface area (Å²) in [5, 5.41) is 16.0. The lowest BCUT2D eigenvalue weighted by Gasteiger charge is -2.23. The van der Waals surface area contributed by atoms with E-state index in [0.717, 1.165) is 11.3 Å². The summed E-state index contributed by atoms with van der Waals surface area (Å²) in [5.74, 6) is 0. The van der Waals surface area contributed by atoms with Crippen molar-refractivity contribution >= 4 is 11.7 Å². The summed E-state index contributed by atoms with van der Waals surface area (Å²) >= 11 is 0.